The van der Waals surface area contributed by atoms with Gasteiger partial charge in [0.1, 0.15) is 5.82 Å². The summed E-state index contributed by atoms with van der Waals surface area (Å²) in [5, 5.41) is 9.11. The average molecular weight is 411 g/mol. The zero-order valence-electron chi connectivity index (χ0n) is 16.0. The van der Waals surface area contributed by atoms with E-state index in [1.165, 1.54) is 6.07 Å². The van der Waals surface area contributed by atoms with E-state index >= 15 is 0 Å². The first-order valence-corrected chi connectivity index (χ1v) is 11.3. The molecule has 0 spiro atoms. The minimum Gasteiger partial charge on any atom is -0.356 e. The fourth-order valence-corrected chi connectivity index (χ4v) is 5.19. The molecule has 1 atom stereocenters. The van der Waals surface area contributed by atoms with Crippen molar-refractivity contribution in [2.24, 2.45) is 4.99 Å². The molecule has 1 unspecified atom stereocenters. The van der Waals surface area contributed by atoms with Crippen LogP contribution in [-0.2, 0) is 20.0 Å². The number of rotatable bonds is 7. The molecule has 9 heteroatoms. The van der Waals surface area contributed by atoms with E-state index in [9.17, 15) is 17.6 Å². The minimum atomic E-state index is -3.00. The lowest BCUT2D eigenvalue weighted by Gasteiger charge is -2.19. The zero-order valence-corrected chi connectivity index (χ0v) is 16.8. The van der Waals surface area contributed by atoms with E-state index in [1.807, 2.05) is 6.07 Å². The Kier molecular flexibility index (Phi) is 6.22. The summed E-state index contributed by atoms with van der Waals surface area (Å²) in [4.78, 5) is 16.1. The van der Waals surface area contributed by atoms with Crippen molar-refractivity contribution >= 4 is 21.7 Å². The predicted molar refractivity (Wildman–Crippen MR) is 106 cm³/mol. The van der Waals surface area contributed by atoms with E-state index in [-0.39, 0.29) is 41.1 Å². The molecule has 3 N–H and O–H groups in total. The molecule has 1 aromatic rings. The van der Waals surface area contributed by atoms with Crippen LogP contribution >= 0.6 is 0 Å². The van der Waals surface area contributed by atoms with Crippen LogP contribution in [0.1, 0.15) is 31.2 Å². The van der Waals surface area contributed by atoms with Gasteiger partial charge in [0, 0.05) is 38.0 Å². The van der Waals surface area contributed by atoms with E-state index in [0.29, 0.717) is 25.5 Å². The van der Waals surface area contributed by atoms with Gasteiger partial charge >= 0.3 is 0 Å². The molecule has 1 amide bonds. The van der Waals surface area contributed by atoms with E-state index < -0.39 is 9.84 Å². The molecule has 1 saturated heterocycles. The van der Waals surface area contributed by atoms with E-state index in [2.05, 4.69) is 20.9 Å². The Hall–Kier alpha value is -2.16. The molecule has 1 heterocycles. The van der Waals surface area contributed by atoms with Crippen molar-refractivity contribution in [2.45, 2.75) is 37.1 Å². The number of benzene rings is 1. The monoisotopic (exact) mass is 410 g/mol. The van der Waals surface area contributed by atoms with Gasteiger partial charge in [0.05, 0.1) is 11.5 Å². The second kappa shape index (κ2) is 8.46. The van der Waals surface area contributed by atoms with Gasteiger partial charge < -0.3 is 16.0 Å². The lowest BCUT2D eigenvalue weighted by molar-refractivity contribution is -0.121. The number of amides is 1. The highest BCUT2D eigenvalue weighted by Gasteiger charge is 2.44. The minimum absolute atomic E-state index is 0.0254. The first kappa shape index (κ1) is 20.6. The van der Waals surface area contributed by atoms with E-state index in [1.54, 1.807) is 19.2 Å². The molecular formula is C19H27FN4O3S. The lowest BCUT2D eigenvalue weighted by Crippen LogP contribution is -2.43. The summed E-state index contributed by atoms with van der Waals surface area (Å²) in [6.45, 7) is 1.03. The van der Waals surface area contributed by atoms with Gasteiger partial charge in [0.2, 0.25) is 5.91 Å². The molecule has 28 heavy (non-hydrogen) atoms. The number of carbonyl (C=O) groups is 1. The second-order valence-corrected chi connectivity index (χ2v) is 9.79. The van der Waals surface area contributed by atoms with Gasteiger partial charge in [-0.25, -0.2) is 12.8 Å². The number of halogens is 1. The highest BCUT2D eigenvalue weighted by Crippen LogP contribution is 2.47. The standard InChI is InChI=1S/C19H27FN4O3S/c1-21-18(22-9-5-17(25)24-16-6-10-28(26,27)12-16)23-13-19(7-8-19)14-3-2-4-15(20)11-14/h2-4,11,16H,5-10,12-13H2,1H3,(H,24,25)(H2,21,22,23). The van der Waals surface area contributed by atoms with E-state index in [4.69, 9.17) is 0 Å². The smallest absolute Gasteiger partial charge is 0.222 e. The topological polar surface area (TPSA) is 99.7 Å². The van der Waals surface area contributed by atoms with Gasteiger partial charge in [-0.05, 0) is 37.0 Å². The van der Waals surface area contributed by atoms with Crippen molar-refractivity contribution in [3.63, 3.8) is 0 Å². The maximum Gasteiger partial charge on any atom is 0.222 e. The lowest BCUT2D eigenvalue weighted by atomic mass is 9.96. The van der Waals surface area contributed by atoms with Crippen LogP contribution in [0.25, 0.3) is 0 Å². The fourth-order valence-electron chi connectivity index (χ4n) is 3.51. The Morgan fingerprint density at radius 1 is 1.32 bits per heavy atom. The first-order valence-electron chi connectivity index (χ1n) is 9.52. The molecule has 1 saturated carbocycles. The highest BCUT2D eigenvalue weighted by atomic mass is 32.2. The van der Waals surface area contributed by atoms with Gasteiger partial charge in [-0.2, -0.15) is 0 Å². The Morgan fingerprint density at radius 2 is 2.11 bits per heavy atom. The Morgan fingerprint density at radius 3 is 2.71 bits per heavy atom. The maximum absolute atomic E-state index is 13.5. The average Bonchev–Trinajstić information content (AvgIpc) is 3.36. The Bertz CT molecular complexity index is 852. The van der Waals surface area contributed by atoms with E-state index in [0.717, 1.165) is 18.4 Å². The zero-order chi connectivity index (χ0) is 20.2. The van der Waals surface area contributed by atoms with Crippen LogP contribution in [0.15, 0.2) is 29.3 Å². The van der Waals surface area contributed by atoms with Crippen molar-refractivity contribution in [3.05, 3.63) is 35.6 Å². The van der Waals surface area contributed by atoms with Gasteiger partial charge in [-0.1, -0.05) is 12.1 Å². The van der Waals surface area contributed by atoms with Crippen LogP contribution in [0.4, 0.5) is 4.39 Å². The molecule has 2 aliphatic rings. The van der Waals surface area contributed by atoms with Crippen LogP contribution in [0, 0.1) is 5.82 Å². The Labute approximate surface area is 165 Å². The molecule has 1 aliphatic heterocycles. The number of hydrogen-bond acceptors (Lipinski definition) is 4. The largest absolute Gasteiger partial charge is 0.356 e. The molecule has 1 aromatic carbocycles. The number of nitrogens with one attached hydrogen (secondary N) is 3. The molecule has 1 aliphatic carbocycles. The van der Waals surface area contributed by atoms with Gasteiger partial charge in [0.25, 0.3) is 0 Å². The second-order valence-electron chi connectivity index (χ2n) is 7.56. The number of sulfone groups is 1. The summed E-state index contributed by atoms with van der Waals surface area (Å²) in [7, 11) is -1.35. The molecule has 0 radical (unpaired) electrons. The number of aliphatic imine (C=N–C) groups is 1. The van der Waals surface area contributed by atoms with Crippen LogP contribution in [0.3, 0.4) is 0 Å². The summed E-state index contributed by atoms with van der Waals surface area (Å²) in [6, 6.07) is 6.42. The van der Waals surface area contributed by atoms with Crippen molar-refractivity contribution < 1.29 is 17.6 Å². The Balaban J connectivity index is 1.40. The van der Waals surface area contributed by atoms with Crippen molar-refractivity contribution in [1.29, 1.82) is 0 Å². The normalized spacial score (nSPS) is 22.5. The first-order chi connectivity index (χ1) is 13.3. The highest BCUT2D eigenvalue weighted by molar-refractivity contribution is 7.91. The van der Waals surface area contributed by atoms with Crippen molar-refractivity contribution in [2.75, 3.05) is 31.6 Å². The molecule has 154 valence electrons. The van der Waals surface area contributed by atoms with Crippen LogP contribution < -0.4 is 16.0 Å². The third-order valence-corrected chi connectivity index (χ3v) is 7.12. The quantitative estimate of drug-likeness (QED) is 0.454. The number of nitrogens with zero attached hydrogens (tertiary/aromatic N) is 1. The van der Waals surface area contributed by atoms with Crippen LogP contribution in [0.2, 0.25) is 0 Å². The van der Waals surface area contributed by atoms with Crippen molar-refractivity contribution in [1.82, 2.24) is 16.0 Å². The van der Waals surface area contributed by atoms with Crippen LogP contribution in [-0.4, -0.2) is 58.0 Å². The molecule has 3 rings (SSSR count). The number of hydrogen-bond donors (Lipinski definition) is 3. The van der Waals surface area contributed by atoms with Gasteiger partial charge in [-0.15, -0.1) is 0 Å². The molecule has 2 fully saturated rings. The predicted octanol–water partition coefficient (Wildman–Crippen LogP) is 0.716. The fraction of sp³-hybridized carbons (Fsp3) is 0.579. The number of carbonyl (C=O) groups excluding carboxylic acids is 1. The van der Waals surface area contributed by atoms with Crippen LogP contribution in [0.5, 0.6) is 0 Å². The summed E-state index contributed by atoms with van der Waals surface area (Å²) >= 11 is 0. The van der Waals surface area contributed by atoms with Crippen molar-refractivity contribution in [3.8, 4) is 0 Å². The SMILES string of the molecule is CN=C(NCCC(=O)NC1CCS(=O)(=O)C1)NCC1(c2cccc(F)c2)CC1. The summed E-state index contributed by atoms with van der Waals surface area (Å²) in [5.74, 6) is 0.340. The summed E-state index contributed by atoms with van der Waals surface area (Å²) in [6.07, 6.45) is 2.69. The molecule has 0 aromatic heterocycles. The number of guanidine groups is 1. The van der Waals surface area contributed by atoms with Gasteiger partial charge in [-0.3, -0.25) is 9.79 Å². The third-order valence-electron chi connectivity index (χ3n) is 5.35. The third kappa shape index (κ3) is 5.43. The summed E-state index contributed by atoms with van der Waals surface area (Å²) < 4.78 is 36.4. The summed E-state index contributed by atoms with van der Waals surface area (Å²) in [5.41, 5.74) is 0.923. The maximum atomic E-state index is 13.5. The molecular weight excluding hydrogens is 383 g/mol. The molecule has 7 nitrogen and oxygen atoms in total. The van der Waals surface area contributed by atoms with Gasteiger partial charge in [0.15, 0.2) is 15.8 Å². The molecule has 0 bridgehead atoms.